The van der Waals surface area contributed by atoms with Gasteiger partial charge < -0.3 is 5.32 Å². The molecule has 1 N–H and O–H groups in total. The summed E-state index contributed by atoms with van der Waals surface area (Å²) >= 11 is 17.5. The maximum absolute atomic E-state index is 12.1. The van der Waals surface area contributed by atoms with Gasteiger partial charge in [-0.15, -0.1) is 10.2 Å². The van der Waals surface area contributed by atoms with Crippen LogP contribution in [0.25, 0.3) is 0 Å². The van der Waals surface area contributed by atoms with Crippen LogP contribution in [-0.4, -0.2) is 22.1 Å². The van der Waals surface area contributed by atoms with E-state index in [9.17, 15) is 4.79 Å². The van der Waals surface area contributed by atoms with Gasteiger partial charge in [-0.2, -0.15) is 0 Å². The first kappa shape index (κ1) is 16.0. The third kappa shape index (κ3) is 4.56. The molecular weight excluding hydrogens is 333 g/mol. The van der Waals surface area contributed by atoms with Crippen molar-refractivity contribution in [1.82, 2.24) is 15.5 Å². The van der Waals surface area contributed by atoms with Crippen molar-refractivity contribution in [2.45, 2.75) is 19.4 Å². The van der Waals surface area contributed by atoms with Crippen molar-refractivity contribution in [3.8, 4) is 0 Å². The van der Waals surface area contributed by atoms with E-state index < -0.39 is 0 Å². The molecule has 2 aromatic rings. The van der Waals surface area contributed by atoms with E-state index in [4.69, 9.17) is 34.8 Å². The van der Waals surface area contributed by atoms with E-state index in [1.165, 1.54) is 6.07 Å². The number of aromatic nitrogens is 2. The molecule has 0 aliphatic carbocycles. The summed E-state index contributed by atoms with van der Waals surface area (Å²) in [5.74, 6) is -0.341. The van der Waals surface area contributed by atoms with Crippen molar-refractivity contribution in [2.24, 2.45) is 0 Å². The number of carbonyl (C=O) groups excluding carboxylic acids is 1. The van der Waals surface area contributed by atoms with E-state index in [-0.39, 0.29) is 27.8 Å². The molecular formula is C14H12Cl3N3O. The third-order valence-corrected chi connectivity index (χ3v) is 3.47. The zero-order valence-electron chi connectivity index (χ0n) is 11.1. The second kappa shape index (κ2) is 7.07. The van der Waals surface area contributed by atoms with Crippen LogP contribution >= 0.6 is 34.8 Å². The Kier molecular flexibility index (Phi) is 5.39. The third-order valence-electron chi connectivity index (χ3n) is 2.77. The molecule has 0 aliphatic rings. The van der Waals surface area contributed by atoms with E-state index in [2.05, 4.69) is 15.5 Å². The van der Waals surface area contributed by atoms with Crippen molar-refractivity contribution in [2.75, 3.05) is 0 Å². The largest absolute Gasteiger partial charge is 0.349 e. The summed E-state index contributed by atoms with van der Waals surface area (Å²) in [7, 11) is 0. The summed E-state index contributed by atoms with van der Waals surface area (Å²) in [5.41, 5.74) is 1.24. The highest BCUT2D eigenvalue weighted by atomic mass is 35.5. The number of nitrogens with one attached hydrogen (secondary N) is 1. The van der Waals surface area contributed by atoms with Crippen molar-refractivity contribution >= 4 is 40.7 Å². The van der Waals surface area contributed by atoms with E-state index in [1.54, 1.807) is 6.07 Å². The van der Waals surface area contributed by atoms with Crippen LogP contribution in [0.4, 0.5) is 0 Å². The first-order valence-corrected chi connectivity index (χ1v) is 7.33. The molecule has 1 heterocycles. The number of rotatable bonds is 4. The average Bonchev–Trinajstić information content (AvgIpc) is 2.41. The van der Waals surface area contributed by atoms with Gasteiger partial charge in [0.2, 0.25) is 0 Å². The number of carbonyl (C=O) groups is 1. The molecule has 0 saturated heterocycles. The van der Waals surface area contributed by atoms with Gasteiger partial charge in [-0.25, -0.2) is 0 Å². The van der Waals surface area contributed by atoms with E-state index in [0.29, 0.717) is 11.4 Å². The quantitative estimate of drug-likeness (QED) is 0.918. The number of halogens is 3. The minimum Gasteiger partial charge on any atom is -0.349 e. The molecule has 4 nitrogen and oxygen atoms in total. The van der Waals surface area contributed by atoms with Gasteiger partial charge in [0.05, 0.1) is 5.56 Å². The van der Waals surface area contributed by atoms with Crippen LogP contribution < -0.4 is 5.32 Å². The van der Waals surface area contributed by atoms with Crippen molar-refractivity contribution in [3.05, 3.63) is 56.8 Å². The highest BCUT2D eigenvalue weighted by Gasteiger charge is 2.15. The van der Waals surface area contributed by atoms with E-state index in [1.807, 2.05) is 25.1 Å². The summed E-state index contributed by atoms with van der Waals surface area (Å²) in [6, 6.07) is 8.78. The Morgan fingerprint density at radius 2 is 2.00 bits per heavy atom. The predicted molar refractivity (Wildman–Crippen MR) is 84.1 cm³/mol. The smallest absolute Gasteiger partial charge is 0.254 e. The zero-order valence-corrected chi connectivity index (χ0v) is 13.4. The predicted octanol–water partition coefficient (Wildman–Crippen LogP) is 3.80. The average molecular weight is 345 g/mol. The Balaban J connectivity index is 2.03. The second-order valence-corrected chi connectivity index (χ2v) is 5.76. The van der Waals surface area contributed by atoms with Crippen molar-refractivity contribution in [3.63, 3.8) is 0 Å². The van der Waals surface area contributed by atoms with Crippen LogP contribution in [0.2, 0.25) is 15.3 Å². The number of nitrogens with zero attached hydrogens (tertiary/aromatic N) is 2. The van der Waals surface area contributed by atoms with Crippen LogP contribution in [0.15, 0.2) is 30.3 Å². The number of amides is 1. The van der Waals surface area contributed by atoms with Crippen LogP contribution in [0.5, 0.6) is 0 Å². The number of benzene rings is 1. The lowest BCUT2D eigenvalue weighted by Gasteiger charge is -2.14. The van der Waals surface area contributed by atoms with E-state index in [0.717, 1.165) is 5.56 Å². The van der Waals surface area contributed by atoms with Crippen LogP contribution in [0, 0.1) is 0 Å². The fraction of sp³-hybridized carbons (Fsp3) is 0.214. The van der Waals surface area contributed by atoms with Gasteiger partial charge >= 0.3 is 0 Å². The normalized spacial score (nSPS) is 12.0. The summed E-state index contributed by atoms with van der Waals surface area (Å²) in [6.45, 7) is 1.89. The molecule has 1 unspecified atom stereocenters. The maximum Gasteiger partial charge on any atom is 0.254 e. The van der Waals surface area contributed by atoms with Gasteiger partial charge in [-0.05, 0) is 37.1 Å². The maximum atomic E-state index is 12.1. The molecule has 1 atom stereocenters. The lowest BCUT2D eigenvalue weighted by molar-refractivity contribution is 0.0939. The minimum atomic E-state index is -0.341. The number of hydrogen-bond donors (Lipinski definition) is 1. The molecule has 0 aliphatic heterocycles. The Morgan fingerprint density at radius 1 is 1.24 bits per heavy atom. The fourth-order valence-electron chi connectivity index (χ4n) is 1.88. The fourth-order valence-corrected chi connectivity index (χ4v) is 2.42. The molecule has 0 radical (unpaired) electrons. The van der Waals surface area contributed by atoms with Gasteiger partial charge in [0.25, 0.3) is 5.91 Å². The summed E-state index contributed by atoms with van der Waals surface area (Å²) < 4.78 is 0. The lowest BCUT2D eigenvalue weighted by Crippen LogP contribution is -2.34. The topological polar surface area (TPSA) is 54.9 Å². The first-order chi connectivity index (χ1) is 9.95. The highest BCUT2D eigenvalue weighted by Crippen LogP contribution is 2.16. The van der Waals surface area contributed by atoms with Crippen molar-refractivity contribution in [1.29, 1.82) is 0 Å². The Bertz CT molecular complexity index is 664. The first-order valence-electron chi connectivity index (χ1n) is 6.19. The molecule has 0 spiro atoms. The van der Waals surface area contributed by atoms with Gasteiger partial charge in [0.1, 0.15) is 0 Å². The zero-order chi connectivity index (χ0) is 15.4. The molecule has 7 heteroatoms. The van der Waals surface area contributed by atoms with Gasteiger partial charge in [0.15, 0.2) is 10.3 Å². The SMILES string of the molecule is CC(Cc1cccc(Cl)c1)NC(=O)c1cc(Cl)nnc1Cl. The highest BCUT2D eigenvalue weighted by molar-refractivity contribution is 6.34. The Labute approximate surface area is 137 Å². The van der Waals surface area contributed by atoms with E-state index >= 15 is 0 Å². The number of hydrogen-bond acceptors (Lipinski definition) is 3. The van der Waals surface area contributed by atoms with Gasteiger partial charge in [-0.1, -0.05) is 46.9 Å². The van der Waals surface area contributed by atoms with Crippen molar-refractivity contribution < 1.29 is 4.79 Å². The molecule has 2 rings (SSSR count). The van der Waals surface area contributed by atoms with Crippen LogP contribution in [-0.2, 0) is 6.42 Å². The monoisotopic (exact) mass is 343 g/mol. The molecule has 21 heavy (non-hydrogen) atoms. The molecule has 1 aromatic carbocycles. The second-order valence-electron chi connectivity index (χ2n) is 4.58. The van der Waals surface area contributed by atoms with Crippen LogP contribution in [0.3, 0.4) is 0 Å². The van der Waals surface area contributed by atoms with Gasteiger partial charge in [0, 0.05) is 11.1 Å². The molecule has 1 aromatic heterocycles. The molecule has 0 saturated carbocycles. The summed E-state index contributed by atoms with van der Waals surface area (Å²) in [4.78, 5) is 12.1. The summed E-state index contributed by atoms with van der Waals surface area (Å²) in [5, 5.41) is 10.8. The summed E-state index contributed by atoms with van der Waals surface area (Å²) in [6.07, 6.45) is 0.649. The standard InChI is InChI=1S/C14H12Cl3N3O/c1-8(5-9-3-2-4-10(15)6-9)18-14(21)11-7-12(16)19-20-13(11)17/h2-4,6-8H,5H2,1H3,(H,18,21). The lowest BCUT2D eigenvalue weighted by atomic mass is 10.1. The Morgan fingerprint density at radius 3 is 2.71 bits per heavy atom. The minimum absolute atomic E-state index is 0.0202. The molecule has 1 amide bonds. The van der Waals surface area contributed by atoms with Gasteiger partial charge in [-0.3, -0.25) is 4.79 Å². The Hall–Kier alpha value is -1.36. The van der Waals surface area contributed by atoms with Crippen LogP contribution in [0.1, 0.15) is 22.8 Å². The molecule has 0 bridgehead atoms. The molecule has 0 fully saturated rings. The molecule has 110 valence electrons.